The first-order valence-electron chi connectivity index (χ1n) is 6.26. The van der Waals surface area contributed by atoms with Gasteiger partial charge >= 0.3 is 0 Å². The lowest BCUT2D eigenvalue weighted by Gasteiger charge is -2.05. The summed E-state index contributed by atoms with van der Waals surface area (Å²) >= 11 is 11.5. The zero-order valence-corrected chi connectivity index (χ0v) is 12.3. The minimum atomic E-state index is -0.00452. The minimum Gasteiger partial charge on any atom is -0.356 e. The maximum Gasteiger partial charge on any atom is 0.221 e. The standard InChI is InChI=1S/C12H15Cl2N5O/c13-10-6-16-18(8-10)4-1-3-15-12(20)2-5-19-9-11(14)7-17-19/h6-9H,1-5H2,(H,15,20). The smallest absolute Gasteiger partial charge is 0.221 e. The SMILES string of the molecule is O=C(CCn1cc(Cl)cn1)NCCCn1cc(Cl)cn1. The van der Waals surface area contributed by atoms with E-state index in [1.807, 2.05) is 0 Å². The number of hydrogen-bond acceptors (Lipinski definition) is 3. The highest BCUT2D eigenvalue weighted by atomic mass is 35.5. The van der Waals surface area contributed by atoms with Crippen molar-refractivity contribution in [3.63, 3.8) is 0 Å². The number of nitrogens with zero attached hydrogens (tertiary/aromatic N) is 4. The second-order valence-corrected chi connectivity index (χ2v) is 5.17. The molecule has 0 unspecified atom stereocenters. The second-order valence-electron chi connectivity index (χ2n) is 4.30. The summed E-state index contributed by atoms with van der Waals surface area (Å²) in [6, 6.07) is 0. The van der Waals surface area contributed by atoms with Crippen LogP contribution in [-0.2, 0) is 17.9 Å². The molecule has 0 radical (unpaired) electrons. The molecule has 0 aromatic carbocycles. The van der Waals surface area contributed by atoms with Crippen LogP contribution >= 0.6 is 23.2 Å². The van der Waals surface area contributed by atoms with Crippen molar-refractivity contribution in [3.8, 4) is 0 Å². The maximum atomic E-state index is 11.6. The monoisotopic (exact) mass is 315 g/mol. The topological polar surface area (TPSA) is 64.7 Å². The molecule has 2 rings (SSSR count). The first kappa shape index (κ1) is 14.9. The summed E-state index contributed by atoms with van der Waals surface area (Å²) in [5.41, 5.74) is 0. The second kappa shape index (κ2) is 7.31. The number of halogens is 2. The van der Waals surface area contributed by atoms with Crippen molar-refractivity contribution in [2.24, 2.45) is 0 Å². The third kappa shape index (κ3) is 4.86. The van der Waals surface area contributed by atoms with Crippen LogP contribution in [0.5, 0.6) is 0 Å². The highest BCUT2D eigenvalue weighted by Crippen LogP contribution is 2.05. The Labute approximate surface area is 126 Å². The fraction of sp³-hybridized carbons (Fsp3) is 0.417. The number of rotatable bonds is 7. The molecular formula is C12H15Cl2N5O. The first-order chi connectivity index (χ1) is 9.63. The molecule has 8 heteroatoms. The number of amides is 1. The molecule has 0 saturated heterocycles. The highest BCUT2D eigenvalue weighted by Gasteiger charge is 2.03. The van der Waals surface area contributed by atoms with Gasteiger partial charge in [-0.2, -0.15) is 10.2 Å². The molecule has 0 aliphatic heterocycles. The van der Waals surface area contributed by atoms with Crippen LogP contribution in [0.25, 0.3) is 0 Å². The molecule has 0 aliphatic carbocycles. The zero-order valence-electron chi connectivity index (χ0n) is 10.8. The van der Waals surface area contributed by atoms with Crippen molar-refractivity contribution in [2.75, 3.05) is 6.54 Å². The molecule has 108 valence electrons. The predicted octanol–water partition coefficient (Wildman–Crippen LogP) is 1.98. The van der Waals surface area contributed by atoms with E-state index in [4.69, 9.17) is 23.2 Å². The Morgan fingerprint density at radius 1 is 1.10 bits per heavy atom. The van der Waals surface area contributed by atoms with Crippen LogP contribution in [0.15, 0.2) is 24.8 Å². The van der Waals surface area contributed by atoms with E-state index in [9.17, 15) is 4.79 Å². The lowest BCUT2D eigenvalue weighted by molar-refractivity contribution is -0.121. The summed E-state index contributed by atoms with van der Waals surface area (Å²) in [7, 11) is 0. The van der Waals surface area contributed by atoms with Crippen molar-refractivity contribution >= 4 is 29.1 Å². The lowest BCUT2D eigenvalue weighted by atomic mass is 10.3. The van der Waals surface area contributed by atoms with Crippen molar-refractivity contribution in [2.45, 2.75) is 25.9 Å². The zero-order chi connectivity index (χ0) is 14.4. The van der Waals surface area contributed by atoms with E-state index in [-0.39, 0.29) is 5.91 Å². The maximum absolute atomic E-state index is 11.6. The van der Waals surface area contributed by atoms with E-state index in [2.05, 4.69) is 15.5 Å². The molecule has 2 heterocycles. The van der Waals surface area contributed by atoms with Crippen molar-refractivity contribution in [1.29, 1.82) is 0 Å². The molecule has 2 aromatic heterocycles. The average Bonchev–Trinajstić information content (AvgIpc) is 3.01. The minimum absolute atomic E-state index is 0.00452. The number of hydrogen-bond donors (Lipinski definition) is 1. The van der Waals surface area contributed by atoms with Gasteiger partial charge in [0.2, 0.25) is 5.91 Å². The Kier molecular flexibility index (Phi) is 5.43. The Morgan fingerprint density at radius 3 is 2.25 bits per heavy atom. The van der Waals surface area contributed by atoms with E-state index < -0.39 is 0 Å². The van der Waals surface area contributed by atoms with Crippen LogP contribution < -0.4 is 5.32 Å². The van der Waals surface area contributed by atoms with Gasteiger partial charge in [-0.1, -0.05) is 23.2 Å². The van der Waals surface area contributed by atoms with E-state index in [1.54, 1.807) is 34.2 Å². The van der Waals surface area contributed by atoms with E-state index >= 15 is 0 Å². The van der Waals surface area contributed by atoms with Gasteiger partial charge in [0, 0.05) is 38.4 Å². The first-order valence-corrected chi connectivity index (χ1v) is 7.02. The normalized spacial score (nSPS) is 10.7. The van der Waals surface area contributed by atoms with Crippen molar-refractivity contribution < 1.29 is 4.79 Å². The summed E-state index contributed by atoms with van der Waals surface area (Å²) in [5, 5.41) is 12.1. The van der Waals surface area contributed by atoms with E-state index in [0.717, 1.165) is 13.0 Å². The Bertz CT molecular complexity index is 566. The molecule has 0 bridgehead atoms. The summed E-state index contributed by atoms with van der Waals surface area (Å²) in [6.45, 7) is 1.85. The molecule has 0 aliphatic rings. The largest absolute Gasteiger partial charge is 0.356 e. The number of aryl methyl sites for hydroxylation is 2. The Morgan fingerprint density at radius 2 is 1.70 bits per heavy atom. The summed E-state index contributed by atoms with van der Waals surface area (Å²) in [4.78, 5) is 11.6. The van der Waals surface area contributed by atoms with Crippen LogP contribution in [0.3, 0.4) is 0 Å². The number of carbonyl (C=O) groups excluding carboxylic acids is 1. The van der Waals surface area contributed by atoms with Crippen LogP contribution in [0.2, 0.25) is 10.0 Å². The van der Waals surface area contributed by atoms with Gasteiger partial charge in [-0.3, -0.25) is 14.2 Å². The quantitative estimate of drug-likeness (QED) is 0.795. The number of carbonyl (C=O) groups is 1. The van der Waals surface area contributed by atoms with E-state index in [0.29, 0.717) is 29.6 Å². The summed E-state index contributed by atoms with van der Waals surface area (Å²) < 4.78 is 3.40. The lowest BCUT2D eigenvalue weighted by Crippen LogP contribution is -2.26. The molecule has 2 aromatic rings. The fourth-order valence-electron chi connectivity index (χ4n) is 1.69. The van der Waals surface area contributed by atoms with Gasteiger partial charge in [-0.05, 0) is 6.42 Å². The third-order valence-corrected chi connectivity index (χ3v) is 3.05. The Hall–Kier alpha value is -1.53. The molecule has 6 nitrogen and oxygen atoms in total. The van der Waals surface area contributed by atoms with E-state index in [1.165, 1.54) is 0 Å². The van der Waals surface area contributed by atoms with Gasteiger partial charge < -0.3 is 5.32 Å². The van der Waals surface area contributed by atoms with Crippen LogP contribution in [0.1, 0.15) is 12.8 Å². The van der Waals surface area contributed by atoms with Crippen LogP contribution in [0.4, 0.5) is 0 Å². The average molecular weight is 316 g/mol. The third-order valence-electron chi connectivity index (χ3n) is 2.66. The molecule has 0 spiro atoms. The summed E-state index contributed by atoms with van der Waals surface area (Å²) in [6.07, 6.45) is 7.77. The number of aromatic nitrogens is 4. The molecule has 0 fully saturated rings. The van der Waals surface area contributed by atoms with Gasteiger partial charge in [0.05, 0.1) is 22.4 Å². The molecule has 1 amide bonds. The van der Waals surface area contributed by atoms with Gasteiger partial charge in [0.25, 0.3) is 0 Å². The van der Waals surface area contributed by atoms with Gasteiger partial charge in [-0.25, -0.2) is 0 Å². The van der Waals surface area contributed by atoms with Gasteiger partial charge in [0.15, 0.2) is 0 Å². The van der Waals surface area contributed by atoms with Crippen LogP contribution in [0, 0.1) is 0 Å². The molecule has 1 N–H and O–H groups in total. The Balaban J connectivity index is 1.58. The molecule has 0 saturated carbocycles. The summed E-state index contributed by atoms with van der Waals surface area (Å²) in [5.74, 6) is -0.00452. The molecule has 20 heavy (non-hydrogen) atoms. The molecular weight excluding hydrogens is 301 g/mol. The van der Waals surface area contributed by atoms with Crippen LogP contribution in [-0.4, -0.2) is 32.0 Å². The number of nitrogens with one attached hydrogen (secondary N) is 1. The van der Waals surface area contributed by atoms with Crippen molar-refractivity contribution in [1.82, 2.24) is 24.9 Å². The van der Waals surface area contributed by atoms with Gasteiger partial charge in [-0.15, -0.1) is 0 Å². The van der Waals surface area contributed by atoms with Crippen molar-refractivity contribution in [3.05, 3.63) is 34.8 Å². The molecule has 0 atom stereocenters. The van der Waals surface area contributed by atoms with Gasteiger partial charge in [0.1, 0.15) is 0 Å². The fourth-order valence-corrected chi connectivity index (χ4v) is 2.01. The predicted molar refractivity (Wildman–Crippen MR) is 76.7 cm³/mol. The highest BCUT2D eigenvalue weighted by molar-refractivity contribution is 6.30.